The molecule has 2 aromatic carbocycles. The van der Waals surface area contributed by atoms with Crippen LogP contribution in [0.3, 0.4) is 0 Å². The summed E-state index contributed by atoms with van der Waals surface area (Å²) in [5, 5.41) is 1.36. The monoisotopic (exact) mass is 387 g/mol. The van der Waals surface area contributed by atoms with Gasteiger partial charge in [-0.25, -0.2) is 0 Å². The number of para-hydroxylation sites is 1. The molecule has 0 radical (unpaired) electrons. The zero-order chi connectivity index (χ0) is 22.1. The van der Waals surface area contributed by atoms with Gasteiger partial charge in [-0.3, -0.25) is 0 Å². The number of aryl methyl sites for hydroxylation is 3. The first-order valence-electron chi connectivity index (χ1n) is 10.1. The molecule has 1 aromatic heterocycles. The van der Waals surface area contributed by atoms with Gasteiger partial charge < -0.3 is 4.98 Å². The number of aromatic amines is 1. The third-order valence-corrected chi connectivity index (χ3v) is 4.06. The Bertz CT molecular complexity index is 874. The van der Waals surface area contributed by atoms with Crippen LogP contribution < -0.4 is 0 Å². The average Bonchev–Trinajstić information content (AvgIpc) is 3.16. The molecule has 3 rings (SSSR count). The minimum atomic E-state index is 0.991. The highest BCUT2D eigenvalue weighted by atomic mass is 14.7. The lowest BCUT2D eigenvalue weighted by Crippen LogP contribution is -1.81. The summed E-state index contributed by atoms with van der Waals surface area (Å²) in [4.78, 5) is 3.24. The van der Waals surface area contributed by atoms with Gasteiger partial charge in [-0.1, -0.05) is 87.0 Å². The molecule has 0 amide bonds. The second-order valence-corrected chi connectivity index (χ2v) is 6.64. The van der Waals surface area contributed by atoms with E-state index in [2.05, 4.69) is 113 Å². The average molecular weight is 388 g/mol. The smallest absolute Gasteiger partial charge is 0.0456 e. The first-order chi connectivity index (χ1) is 14.0. The van der Waals surface area contributed by atoms with E-state index in [1.165, 1.54) is 40.4 Å². The number of aromatic nitrogens is 1. The molecule has 0 spiro atoms. The number of fused-ring (bicyclic) bond motifs is 1. The van der Waals surface area contributed by atoms with Gasteiger partial charge in [0.1, 0.15) is 0 Å². The lowest BCUT2D eigenvalue weighted by molar-refractivity contribution is 0.921. The lowest BCUT2D eigenvalue weighted by Gasteiger charge is -1.97. The van der Waals surface area contributed by atoms with Crippen LogP contribution in [0.25, 0.3) is 10.9 Å². The Kier molecular flexibility index (Phi) is 14.3. The fourth-order valence-electron chi connectivity index (χ4n) is 2.64. The van der Waals surface area contributed by atoms with Crippen LogP contribution in [0.15, 0.2) is 98.4 Å². The van der Waals surface area contributed by atoms with E-state index in [-0.39, 0.29) is 0 Å². The molecule has 29 heavy (non-hydrogen) atoms. The van der Waals surface area contributed by atoms with Gasteiger partial charge in [0.15, 0.2) is 0 Å². The van der Waals surface area contributed by atoms with Gasteiger partial charge in [0, 0.05) is 17.1 Å². The first kappa shape index (κ1) is 26.0. The van der Waals surface area contributed by atoms with Crippen LogP contribution in [-0.4, -0.2) is 4.98 Å². The van der Waals surface area contributed by atoms with Crippen molar-refractivity contribution >= 4 is 10.9 Å². The van der Waals surface area contributed by atoms with Crippen LogP contribution in [0.1, 0.15) is 43.9 Å². The number of hydrogen-bond donors (Lipinski definition) is 1. The van der Waals surface area contributed by atoms with Gasteiger partial charge in [-0.2, -0.15) is 0 Å². The minimum absolute atomic E-state index is 0.991. The fraction of sp³-hybridized carbons (Fsp3) is 0.250. The molecule has 0 aliphatic heterocycles. The number of rotatable bonds is 4. The van der Waals surface area contributed by atoms with E-state index in [4.69, 9.17) is 0 Å². The van der Waals surface area contributed by atoms with Crippen molar-refractivity contribution < 1.29 is 0 Å². The maximum absolute atomic E-state index is 3.59. The van der Waals surface area contributed by atoms with Gasteiger partial charge in [-0.05, 0) is 50.0 Å². The predicted octanol–water partition coefficient (Wildman–Crippen LogP) is 8.38. The number of allylic oxidation sites excluding steroid dienone is 2. The van der Waals surface area contributed by atoms with Crippen LogP contribution in [0.4, 0.5) is 0 Å². The molecule has 3 aromatic rings. The highest BCUT2D eigenvalue weighted by Crippen LogP contribution is 2.17. The van der Waals surface area contributed by atoms with Crippen molar-refractivity contribution in [1.29, 1.82) is 0 Å². The van der Waals surface area contributed by atoms with Crippen molar-refractivity contribution in [3.8, 4) is 0 Å². The SMILES string of the molecule is C=C.C=C=CC(=C)C.CCCc1ccc(C)cc1.CCc1c[nH]c2ccccc12. The third-order valence-electron chi connectivity index (χ3n) is 4.06. The minimum Gasteiger partial charge on any atom is -0.361 e. The van der Waals surface area contributed by atoms with Gasteiger partial charge >= 0.3 is 0 Å². The fourth-order valence-corrected chi connectivity index (χ4v) is 2.64. The van der Waals surface area contributed by atoms with E-state index in [1.54, 1.807) is 6.08 Å². The molecule has 1 N–H and O–H groups in total. The van der Waals surface area contributed by atoms with E-state index < -0.39 is 0 Å². The largest absolute Gasteiger partial charge is 0.361 e. The van der Waals surface area contributed by atoms with Crippen LogP contribution >= 0.6 is 0 Å². The Balaban J connectivity index is 0.000000405. The summed E-state index contributed by atoms with van der Waals surface area (Å²) < 4.78 is 0. The maximum Gasteiger partial charge on any atom is 0.0456 e. The van der Waals surface area contributed by atoms with Crippen molar-refractivity contribution in [2.45, 2.75) is 47.0 Å². The lowest BCUT2D eigenvalue weighted by atomic mass is 10.1. The molecule has 154 valence electrons. The van der Waals surface area contributed by atoms with Crippen molar-refractivity contribution in [2.75, 3.05) is 0 Å². The van der Waals surface area contributed by atoms with Crippen LogP contribution in [0, 0.1) is 6.92 Å². The van der Waals surface area contributed by atoms with Crippen LogP contribution in [-0.2, 0) is 12.8 Å². The number of hydrogen-bond acceptors (Lipinski definition) is 0. The first-order valence-corrected chi connectivity index (χ1v) is 10.1. The standard InChI is InChI=1S/C10H11N.C10H14.C6H8.C2H4/c1-2-8-7-11-10-6-4-3-5-9(8)10;1-3-4-10-7-5-9(2)6-8-10;1-4-5-6(2)3;1-2/h3-7,11H,2H2,1H3;5-8H,3-4H2,1-2H3;5H,1-2H2,3H3;1-2H2. The predicted molar refractivity (Wildman–Crippen MR) is 133 cm³/mol. The quantitative estimate of drug-likeness (QED) is 0.263. The normalized spacial score (nSPS) is 8.83. The highest BCUT2D eigenvalue weighted by molar-refractivity contribution is 5.82. The molecule has 0 saturated carbocycles. The molecule has 1 heterocycles. The topological polar surface area (TPSA) is 15.8 Å². The van der Waals surface area contributed by atoms with E-state index >= 15 is 0 Å². The van der Waals surface area contributed by atoms with Gasteiger partial charge in [0.25, 0.3) is 0 Å². The molecule has 0 atom stereocenters. The van der Waals surface area contributed by atoms with Crippen molar-refractivity contribution in [2.24, 2.45) is 0 Å². The molecule has 0 aliphatic rings. The maximum atomic E-state index is 3.59. The van der Waals surface area contributed by atoms with Gasteiger partial charge in [-0.15, -0.1) is 18.9 Å². The summed E-state index contributed by atoms with van der Waals surface area (Å²) >= 11 is 0. The summed E-state index contributed by atoms with van der Waals surface area (Å²) in [6.07, 6.45) is 7.37. The molecular formula is C28H37N. The van der Waals surface area contributed by atoms with E-state index in [1.807, 2.05) is 6.92 Å². The number of benzene rings is 2. The van der Waals surface area contributed by atoms with Crippen molar-refractivity contribution in [1.82, 2.24) is 4.98 Å². The third kappa shape index (κ3) is 10.8. The second-order valence-electron chi connectivity index (χ2n) is 6.64. The molecule has 0 bridgehead atoms. The van der Waals surface area contributed by atoms with Crippen molar-refractivity contribution in [3.05, 3.63) is 115 Å². The molecule has 1 heteroatoms. The second kappa shape index (κ2) is 16.0. The van der Waals surface area contributed by atoms with Gasteiger partial charge in [0.05, 0.1) is 0 Å². The zero-order valence-corrected chi connectivity index (χ0v) is 18.7. The number of H-pyrrole nitrogens is 1. The molecular weight excluding hydrogens is 350 g/mol. The molecule has 0 unspecified atom stereocenters. The van der Waals surface area contributed by atoms with E-state index in [0.717, 1.165) is 12.0 Å². The highest BCUT2D eigenvalue weighted by Gasteiger charge is 1.98. The van der Waals surface area contributed by atoms with Crippen LogP contribution in [0.5, 0.6) is 0 Å². The summed E-state index contributed by atoms with van der Waals surface area (Å²) in [5.74, 6) is 0. The summed E-state index contributed by atoms with van der Waals surface area (Å²) in [6, 6.07) is 17.2. The Morgan fingerprint density at radius 3 is 2.14 bits per heavy atom. The molecule has 1 nitrogen and oxygen atoms in total. The van der Waals surface area contributed by atoms with Crippen LogP contribution in [0.2, 0.25) is 0 Å². The molecule has 0 fully saturated rings. The van der Waals surface area contributed by atoms with E-state index in [0.29, 0.717) is 0 Å². The zero-order valence-electron chi connectivity index (χ0n) is 18.7. The summed E-state index contributed by atoms with van der Waals surface area (Å²) in [5.41, 5.74) is 9.03. The Morgan fingerprint density at radius 1 is 1.03 bits per heavy atom. The Morgan fingerprint density at radius 2 is 1.66 bits per heavy atom. The van der Waals surface area contributed by atoms with Gasteiger partial charge in [0.2, 0.25) is 0 Å². The molecule has 0 saturated heterocycles. The molecule has 0 aliphatic carbocycles. The summed E-state index contributed by atoms with van der Waals surface area (Å²) in [7, 11) is 0. The van der Waals surface area contributed by atoms with Crippen molar-refractivity contribution in [3.63, 3.8) is 0 Å². The number of nitrogens with one attached hydrogen (secondary N) is 1. The Labute approximate surface area is 178 Å². The Hall–Kier alpha value is -3.02. The van der Waals surface area contributed by atoms with E-state index in [9.17, 15) is 0 Å². The summed E-state index contributed by atoms with van der Waals surface area (Å²) in [6.45, 7) is 21.4.